The quantitative estimate of drug-likeness (QED) is 0.815. The van der Waals surface area contributed by atoms with Gasteiger partial charge in [0.2, 0.25) is 0 Å². The minimum atomic E-state index is -0.190. The van der Waals surface area contributed by atoms with Crippen LogP contribution in [-0.4, -0.2) is 17.6 Å². The molecule has 23 heavy (non-hydrogen) atoms. The lowest BCUT2D eigenvalue weighted by Crippen LogP contribution is -2.34. The minimum Gasteiger partial charge on any atom is -0.493 e. The van der Waals surface area contributed by atoms with E-state index in [9.17, 15) is 4.79 Å². The number of aryl methyl sites for hydroxylation is 1. The van der Waals surface area contributed by atoms with Crippen LogP contribution < -0.4 is 15.4 Å². The van der Waals surface area contributed by atoms with Crippen LogP contribution in [0.4, 0.5) is 4.79 Å². The maximum absolute atomic E-state index is 11.8. The van der Waals surface area contributed by atoms with Crippen LogP contribution in [0.3, 0.4) is 0 Å². The van der Waals surface area contributed by atoms with Gasteiger partial charge in [-0.25, -0.2) is 9.78 Å². The van der Waals surface area contributed by atoms with E-state index < -0.39 is 0 Å². The average Bonchev–Trinajstić information content (AvgIpc) is 2.95. The van der Waals surface area contributed by atoms with Crippen LogP contribution in [0, 0.1) is 12.8 Å². The van der Waals surface area contributed by atoms with E-state index in [-0.39, 0.29) is 6.03 Å². The standard InChI is InChI=1S/C17H23N3O2S/c1-12(2)11-22-15-6-4-5-14(7-15)8-19-17(21)20-10-16-9-18-13(3)23-16/h4-7,9,12H,8,10-11H2,1-3H3,(H2,19,20,21). The van der Waals surface area contributed by atoms with Crippen LogP contribution in [0.2, 0.25) is 0 Å². The number of hydrogen-bond acceptors (Lipinski definition) is 4. The fourth-order valence-electron chi connectivity index (χ4n) is 1.91. The molecule has 0 aliphatic heterocycles. The minimum absolute atomic E-state index is 0.190. The molecule has 2 amide bonds. The van der Waals surface area contributed by atoms with Gasteiger partial charge in [0.25, 0.3) is 0 Å². The number of benzene rings is 1. The Morgan fingerprint density at radius 1 is 1.30 bits per heavy atom. The molecule has 1 aromatic carbocycles. The van der Waals surface area contributed by atoms with Crippen molar-refractivity contribution in [2.45, 2.75) is 33.9 Å². The summed E-state index contributed by atoms with van der Waals surface area (Å²) in [7, 11) is 0. The number of nitrogens with one attached hydrogen (secondary N) is 2. The topological polar surface area (TPSA) is 63.2 Å². The van der Waals surface area contributed by atoms with Gasteiger partial charge >= 0.3 is 6.03 Å². The van der Waals surface area contributed by atoms with Crippen LogP contribution in [0.1, 0.15) is 29.3 Å². The summed E-state index contributed by atoms with van der Waals surface area (Å²) in [6.07, 6.45) is 1.79. The summed E-state index contributed by atoms with van der Waals surface area (Å²) >= 11 is 1.58. The van der Waals surface area contributed by atoms with E-state index in [0.29, 0.717) is 25.6 Å². The Labute approximate surface area is 141 Å². The second kappa shape index (κ2) is 8.53. The highest BCUT2D eigenvalue weighted by Crippen LogP contribution is 2.14. The molecule has 0 saturated carbocycles. The molecule has 0 bridgehead atoms. The molecule has 2 rings (SSSR count). The van der Waals surface area contributed by atoms with E-state index in [4.69, 9.17) is 4.74 Å². The average molecular weight is 333 g/mol. The second-order valence-corrected chi connectivity index (χ2v) is 7.05. The lowest BCUT2D eigenvalue weighted by molar-refractivity contribution is 0.240. The molecule has 0 aliphatic rings. The molecule has 0 radical (unpaired) electrons. The van der Waals surface area contributed by atoms with Crippen molar-refractivity contribution in [2.24, 2.45) is 5.92 Å². The first kappa shape index (κ1) is 17.3. The van der Waals surface area contributed by atoms with Gasteiger partial charge in [0.15, 0.2) is 0 Å². The molecule has 124 valence electrons. The first-order valence-corrected chi connectivity index (χ1v) is 8.49. The van der Waals surface area contributed by atoms with E-state index in [2.05, 4.69) is 29.5 Å². The Balaban J connectivity index is 1.76. The monoisotopic (exact) mass is 333 g/mol. The predicted octanol–water partition coefficient (Wildman–Crippen LogP) is 3.49. The van der Waals surface area contributed by atoms with E-state index >= 15 is 0 Å². The van der Waals surface area contributed by atoms with Crippen LogP contribution in [0.5, 0.6) is 5.75 Å². The summed E-state index contributed by atoms with van der Waals surface area (Å²) in [6.45, 7) is 7.82. The summed E-state index contributed by atoms with van der Waals surface area (Å²) in [5.41, 5.74) is 1.01. The summed E-state index contributed by atoms with van der Waals surface area (Å²) in [4.78, 5) is 17.0. The molecular formula is C17H23N3O2S. The van der Waals surface area contributed by atoms with Crippen molar-refractivity contribution in [3.05, 3.63) is 45.9 Å². The highest BCUT2D eigenvalue weighted by atomic mass is 32.1. The van der Waals surface area contributed by atoms with Gasteiger partial charge in [-0.05, 0) is 30.5 Å². The van der Waals surface area contributed by atoms with Gasteiger partial charge in [0.05, 0.1) is 18.2 Å². The van der Waals surface area contributed by atoms with Gasteiger partial charge in [-0.2, -0.15) is 0 Å². The highest BCUT2D eigenvalue weighted by Gasteiger charge is 2.04. The van der Waals surface area contributed by atoms with Gasteiger partial charge in [-0.1, -0.05) is 26.0 Å². The molecular weight excluding hydrogens is 310 g/mol. The highest BCUT2D eigenvalue weighted by molar-refractivity contribution is 7.11. The number of amides is 2. The van der Waals surface area contributed by atoms with Crippen molar-refractivity contribution in [2.75, 3.05) is 6.61 Å². The lowest BCUT2D eigenvalue weighted by Gasteiger charge is -2.11. The fraction of sp³-hybridized carbons (Fsp3) is 0.412. The van der Waals surface area contributed by atoms with Crippen LogP contribution in [0.15, 0.2) is 30.5 Å². The molecule has 2 N–H and O–H groups in total. The lowest BCUT2D eigenvalue weighted by atomic mass is 10.2. The third kappa shape index (κ3) is 6.28. The Hall–Kier alpha value is -2.08. The van der Waals surface area contributed by atoms with Gasteiger partial charge in [-0.3, -0.25) is 0 Å². The summed E-state index contributed by atoms with van der Waals surface area (Å²) < 4.78 is 5.69. The number of thiazole rings is 1. The molecule has 0 aliphatic carbocycles. The van der Waals surface area contributed by atoms with Crippen LogP contribution in [-0.2, 0) is 13.1 Å². The molecule has 0 fully saturated rings. The number of carbonyl (C=O) groups is 1. The number of ether oxygens (including phenoxy) is 1. The van der Waals surface area contributed by atoms with Gasteiger partial charge in [0, 0.05) is 17.6 Å². The molecule has 0 atom stereocenters. The third-order valence-corrected chi connectivity index (χ3v) is 3.94. The molecule has 6 heteroatoms. The third-order valence-electron chi connectivity index (χ3n) is 3.03. The zero-order chi connectivity index (χ0) is 16.7. The van der Waals surface area contributed by atoms with E-state index in [0.717, 1.165) is 21.2 Å². The Morgan fingerprint density at radius 2 is 2.09 bits per heavy atom. The van der Waals surface area contributed by atoms with Crippen molar-refractivity contribution in [3.63, 3.8) is 0 Å². The molecule has 5 nitrogen and oxygen atoms in total. The zero-order valence-electron chi connectivity index (χ0n) is 13.8. The number of urea groups is 1. The fourth-order valence-corrected chi connectivity index (χ4v) is 2.64. The van der Waals surface area contributed by atoms with Crippen molar-refractivity contribution < 1.29 is 9.53 Å². The second-order valence-electron chi connectivity index (χ2n) is 5.73. The van der Waals surface area contributed by atoms with Gasteiger partial charge in [0.1, 0.15) is 5.75 Å². The maximum atomic E-state index is 11.8. The van der Waals surface area contributed by atoms with Gasteiger partial charge in [-0.15, -0.1) is 11.3 Å². The van der Waals surface area contributed by atoms with Crippen LogP contribution >= 0.6 is 11.3 Å². The number of carbonyl (C=O) groups excluding carboxylic acids is 1. The number of hydrogen-bond donors (Lipinski definition) is 2. The smallest absolute Gasteiger partial charge is 0.315 e. The van der Waals surface area contributed by atoms with Crippen LogP contribution in [0.25, 0.3) is 0 Å². The maximum Gasteiger partial charge on any atom is 0.315 e. The van der Waals surface area contributed by atoms with Gasteiger partial charge < -0.3 is 15.4 Å². The van der Waals surface area contributed by atoms with E-state index in [1.165, 1.54) is 0 Å². The number of nitrogens with zero attached hydrogens (tertiary/aromatic N) is 1. The van der Waals surface area contributed by atoms with E-state index in [1.807, 2.05) is 31.2 Å². The largest absolute Gasteiger partial charge is 0.493 e. The van der Waals surface area contributed by atoms with E-state index in [1.54, 1.807) is 17.5 Å². The first-order valence-electron chi connectivity index (χ1n) is 7.67. The number of aromatic nitrogens is 1. The summed E-state index contributed by atoms with van der Waals surface area (Å²) in [5, 5.41) is 6.67. The summed E-state index contributed by atoms with van der Waals surface area (Å²) in [5.74, 6) is 1.32. The normalized spacial score (nSPS) is 10.6. The zero-order valence-corrected chi connectivity index (χ0v) is 14.6. The van der Waals surface area contributed by atoms with Crippen molar-refractivity contribution in [1.29, 1.82) is 0 Å². The number of rotatable bonds is 7. The van der Waals surface area contributed by atoms with Crippen molar-refractivity contribution in [3.8, 4) is 5.75 Å². The predicted molar refractivity (Wildman–Crippen MR) is 92.7 cm³/mol. The Morgan fingerprint density at radius 3 is 2.78 bits per heavy atom. The molecule has 1 heterocycles. The Bertz CT molecular complexity index is 640. The molecule has 1 aromatic heterocycles. The SMILES string of the molecule is Cc1ncc(CNC(=O)NCc2cccc(OCC(C)C)c2)s1. The first-order chi connectivity index (χ1) is 11.0. The molecule has 0 unspecified atom stereocenters. The van der Waals surface area contributed by atoms with Crippen molar-refractivity contribution in [1.82, 2.24) is 15.6 Å². The summed E-state index contributed by atoms with van der Waals surface area (Å²) in [6, 6.07) is 7.59. The molecule has 0 saturated heterocycles. The molecule has 2 aromatic rings. The Kier molecular flexibility index (Phi) is 6.40. The molecule has 0 spiro atoms. The van der Waals surface area contributed by atoms with Crippen molar-refractivity contribution >= 4 is 17.4 Å².